The van der Waals surface area contributed by atoms with E-state index in [0.717, 1.165) is 31.3 Å². The number of guanidine groups is 1. The zero-order valence-electron chi connectivity index (χ0n) is 16.9. The molecule has 0 radical (unpaired) electrons. The van der Waals surface area contributed by atoms with Crippen LogP contribution in [0, 0.1) is 5.41 Å². The molecule has 0 aliphatic carbocycles. The van der Waals surface area contributed by atoms with Gasteiger partial charge < -0.3 is 19.9 Å². The first-order chi connectivity index (χ1) is 11.7. The Morgan fingerprint density at radius 3 is 2.56 bits per heavy atom. The third-order valence-electron chi connectivity index (χ3n) is 5.51. The van der Waals surface area contributed by atoms with Crippen LogP contribution in [0.1, 0.15) is 33.3 Å². The van der Waals surface area contributed by atoms with E-state index in [0.29, 0.717) is 12.0 Å². The first kappa shape index (κ1) is 19.6. The largest absolute Gasteiger partial charge is 0.492 e. The van der Waals surface area contributed by atoms with E-state index in [1.165, 1.54) is 5.56 Å². The summed E-state index contributed by atoms with van der Waals surface area (Å²) in [6.45, 7) is 12.6. The molecule has 0 unspecified atom stereocenters. The van der Waals surface area contributed by atoms with Gasteiger partial charge in [-0.3, -0.25) is 4.99 Å². The molecule has 1 aromatic carbocycles. The van der Waals surface area contributed by atoms with Gasteiger partial charge >= 0.3 is 0 Å². The number of likely N-dealkylation sites (tertiary alicyclic amines) is 1. The standard InChI is InChI=1S/C20H34N4O/c1-19(2)15-24(20(19,3)4)18(21-5)22-14-16-9-8-10-17(13-16)25-12-11-23(6)7/h8-10,13H,11-12,14-15H2,1-7H3,(H,21,22). The number of nitrogens with zero attached hydrogens (tertiary/aromatic N) is 3. The summed E-state index contributed by atoms with van der Waals surface area (Å²) in [5.41, 5.74) is 1.60. The van der Waals surface area contributed by atoms with E-state index in [-0.39, 0.29) is 5.54 Å². The number of aliphatic imine (C=N–C) groups is 1. The second-order valence-corrected chi connectivity index (χ2v) is 8.23. The number of benzene rings is 1. The van der Waals surface area contributed by atoms with Crippen LogP contribution in [-0.2, 0) is 6.54 Å². The summed E-state index contributed by atoms with van der Waals surface area (Å²) < 4.78 is 5.82. The molecule has 0 bridgehead atoms. The summed E-state index contributed by atoms with van der Waals surface area (Å²) in [5, 5.41) is 3.49. The highest BCUT2D eigenvalue weighted by atomic mass is 16.5. The van der Waals surface area contributed by atoms with Crippen LogP contribution in [-0.4, -0.2) is 62.1 Å². The highest BCUT2D eigenvalue weighted by molar-refractivity contribution is 5.82. The van der Waals surface area contributed by atoms with Gasteiger partial charge in [-0.25, -0.2) is 0 Å². The van der Waals surface area contributed by atoms with E-state index in [1.807, 2.05) is 33.3 Å². The van der Waals surface area contributed by atoms with Gasteiger partial charge in [0.1, 0.15) is 12.4 Å². The summed E-state index contributed by atoms with van der Waals surface area (Å²) in [6.07, 6.45) is 0. The Labute approximate surface area is 153 Å². The fraction of sp³-hybridized carbons (Fsp3) is 0.650. The molecule has 0 saturated carbocycles. The maximum Gasteiger partial charge on any atom is 0.194 e. The molecule has 0 amide bonds. The minimum atomic E-state index is 0.103. The van der Waals surface area contributed by atoms with Gasteiger partial charge in [0, 0.05) is 37.6 Å². The molecule has 5 nitrogen and oxygen atoms in total. The van der Waals surface area contributed by atoms with Crippen molar-refractivity contribution in [2.75, 3.05) is 40.8 Å². The van der Waals surface area contributed by atoms with Crippen LogP contribution in [0.5, 0.6) is 5.75 Å². The van der Waals surface area contributed by atoms with Gasteiger partial charge in [-0.2, -0.15) is 0 Å². The average molecular weight is 347 g/mol. The van der Waals surface area contributed by atoms with Crippen molar-refractivity contribution in [3.05, 3.63) is 29.8 Å². The van der Waals surface area contributed by atoms with Gasteiger partial charge in [0.05, 0.1) is 0 Å². The van der Waals surface area contributed by atoms with E-state index >= 15 is 0 Å². The molecule has 1 saturated heterocycles. The Hall–Kier alpha value is -1.75. The van der Waals surface area contributed by atoms with Gasteiger partial charge in [-0.15, -0.1) is 0 Å². The van der Waals surface area contributed by atoms with Crippen LogP contribution in [0.15, 0.2) is 29.3 Å². The smallest absolute Gasteiger partial charge is 0.194 e. The van der Waals surface area contributed by atoms with Crippen LogP contribution in [0.25, 0.3) is 0 Å². The molecule has 1 N–H and O–H groups in total. The van der Waals surface area contributed by atoms with Crippen molar-refractivity contribution < 1.29 is 4.74 Å². The zero-order valence-corrected chi connectivity index (χ0v) is 16.9. The predicted octanol–water partition coefficient (Wildman–Crippen LogP) is 2.82. The summed E-state index contributed by atoms with van der Waals surface area (Å²) in [6, 6.07) is 8.27. The highest BCUT2D eigenvalue weighted by Crippen LogP contribution is 2.46. The Kier molecular flexibility index (Phi) is 5.99. The molecule has 5 heteroatoms. The van der Waals surface area contributed by atoms with Crippen molar-refractivity contribution >= 4 is 5.96 Å². The number of nitrogens with one attached hydrogen (secondary N) is 1. The van der Waals surface area contributed by atoms with Crippen molar-refractivity contribution in [2.24, 2.45) is 10.4 Å². The molecule has 1 aliphatic rings. The van der Waals surface area contributed by atoms with E-state index in [9.17, 15) is 0 Å². The van der Waals surface area contributed by atoms with E-state index < -0.39 is 0 Å². The monoisotopic (exact) mass is 346 g/mol. The quantitative estimate of drug-likeness (QED) is 0.635. The molecule has 1 heterocycles. The Balaban J connectivity index is 1.92. The predicted molar refractivity (Wildman–Crippen MR) is 105 cm³/mol. The lowest BCUT2D eigenvalue weighted by atomic mass is 9.65. The lowest BCUT2D eigenvalue weighted by Gasteiger charge is -2.62. The molecule has 140 valence electrons. The van der Waals surface area contributed by atoms with Crippen LogP contribution >= 0.6 is 0 Å². The zero-order chi connectivity index (χ0) is 18.7. The molecule has 1 aromatic rings. The van der Waals surface area contributed by atoms with E-state index in [1.54, 1.807) is 0 Å². The third kappa shape index (κ3) is 4.46. The fourth-order valence-corrected chi connectivity index (χ4v) is 2.97. The van der Waals surface area contributed by atoms with Gasteiger partial charge in [0.25, 0.3) is 0 Å². The SMILES string of the molecule is CN=C(NCc1cccc(OCCN(C)C)c1)N1CC(C)(C)C1(C)C. The lowest BCUT2D eigenvalue weighted by Crippen LogP contribution is -2.72. The van der Waals surface area contributed by atoms with Crippen molar-refractivity contribution in [3.8, 4) is 5.75 Å². The molecule has 2 rings (SSSR count). The average Bonchev–Trinajstić information content (AvgIpc) is 2.54. The van der Waals surface area contributed by atoms with Crippen molar-refractivity contribution in [3.63, 3.8) is 0 Å². The van der Waals surface area contributed by atoms with Crippen LogP contribution in [0.4, 0.5) is 0 Å². The van der Waals surface area contributed by atoms with Gasteiger partial charge in [0.15, 0.2) is 5.96 Å². The summed E-state index contributed by atoms with van der Waals surface area (Å²) in [4.78, 5) is 8.94. The molecule has 0 spiro atoms. The Bertz CT molecular complexity index is 607. The normalized spacial score (nSPS) is 18.9. The number of rotatable bonds is 6. The van der Waals surface area contributed by atoms with E-state index in [4.69, 9.17) is 4.74 Å². The first-order valence-corrected chi connectivity index (χ1v) is 9.02. The van der Waals surface area contributed by atoms with E-state index in [2.05, 4.69) is 59.9 Å². The molecular weight excluding hydrogens is 312 g/mol. The molecule has 0 atom stereocenters. The Morgan fingerprint density at radius 2 is 2.00 bits per heavy atom. The first-order valence-electron chi connectivity index (χ1n) is 9.02. The van der Waals surface area contributed by atoms with Crippen LogP contribution in [0.2, 0.25) is 0 Å². The number of likely N-dealkylation sites (N-methyl/N-ethyl adjacent to an activating group) is 1. The molecular formula is C20H34N4O. The second kappa shape index (κ2) is 7.65. The summed E-state index contributed by atoms with van der Waals surface area (Å²) >= 11 is 0. The maximum atomic E-state index is 5.82. The van der Waals surface area contributed by atoms with Gasteiger partial charge in [-0.05, 0) is 45.6 Å². The lowest BCUT2D eigenvalue weighted by molar-refractivity contribution is -0.0667. The topological polar surface area (TPSA) is 40.1 Å². The minimum Gasteiger partial charge on any atom is -0.492 e. The van der Waals surface area contributed by atoms with Gasteiger partial charge in [0.2, 0.25) is 0 Å². The molecule has 0 aromatic heterocycles. The molecule has 25 heavy (non-hydrogen) atoms. The maximum absolute atomic E-state index is 5.82. The molecule has 1 aliphatic heterocycles. The summed E-state index contributed by atoms with van der Waals surface area (Å²) in [5.74, 6) is 1.88. The number of hydrogen-bond acceptors (Lipinski definition) is 3. The fourth-order valence-electron chi connectivity index (χ4n) is 2.97. The summed E-state index contributed by atoms with van der Waals surface area (Å²) in [7, 11) is 5.95. The van der Waals surface area contributed by atoms with Gasteiger partial charge in [-0.1, -0.05) is 26.0 Å². The number of ether oxygens (including phenoxy) is 1. The second-order valence-electron chi connectivity index (χ2n) is 8.23. The minimum absolute atomic E-state index is 0.103. The molecule has 1 fully saturated rings. The third-order valence-corrected chi connectivity index (χ3v) is 5.51. The van der Waals surface area contributed by atoms with Crippen LogP contribution < -0.4 is 10.1 Å². The Morgan fingerprint density at radius 1 is 1.28 bits per heavy atom. The highest BCUT2D eigenvalue weighted by Gasteiger charge is 2.53. The van der Waals surface area contributed by atoms with Crippen LogP contribution in [0.3, 0.4) is 0 Å². The van der Waals surface area contributed by atoms with Crippen molar-refractivity contribution in [2.45, 2.75) is 39.8 Å². The number of hydrogen-bond donors (Lipinski definition) is 1. The van der Waals surface area contributed by atoms with Crippen molar-refractivity contribution in [1.82, 2.24) is 15.1 Å². The van der Waals surface area contributed by atoms with Crippen molar-refractivity contribution in [1.29, 1.82) is 0 Å².